The van der Waals surface area contributed by atoms with Crippen LogP contribution in [0.1, 0.15) is 49.7 Å². The zero-order chi connectivity index (χ0) is 22.0. The van der Waals surface area contributed by atoms with Crippen molar-refractivity contribution in [2.45, 2.75) is 51.4 Å². The van der Waals surface area contributed by atoms with Crippen LogP contribution in [0.15, 0.2) is 40.4 Å². The Morgan fingerprint density at radius 2 is 2.23 bits per heavy atom. The minimum absolute atomic E-state index is 0.0318. The van der Waals surface area contributed by atoms with Crippen molar-refractivity contribution in [3.05, 3.63) is 52.9 Å². The fourth-order valence-corrected chi connectivity index (χ4v) is 4.06. The molecule has 0 fully saturated rings. The molecule has 31 heavy (non-hydrogen) atoms. The Kier molecular flexibility index (Phi) is 5.87. The highest BCUT2D eigenvalue weighted by Gasteiger charge is 2.28. The number of rotatable bonds is 5. The van der Waals surface area contributed by atoms with E-state index < -0.39 is 6.09 Å². The number of nitrogens with one attached hydrogen (secondary N) is 1. The summed E-state index contributed by atoms with van der Waals surface area (Å²) < 4.78 is 16.1. The second-order valence-electron chi connectivity index (χ2n) is 7.80. The normalized spacial score (nSPS) is 20.0. The Bertz CT molecular complexity index is 1090. The predicted octanol–water partition coefficient (Wildman–Crippen LogP) is 4.11. The summed E-state index contributed by atoms with van der Waals surface area (Å²) in [6.07, 6.45) is 5.18. The topological polar surface area (TPSA) is 110 Å². The van der Waals surface area contributed by atoms with Crippen LogP contribution in [-0.4, -0.2) is 35.6 Å². The molecule has 1 aromatic carbocycles. The van der Waals surface area contributed by atoms with Gasteiger partial charge in [-0.3, -0.25) is 0 Å². The van der Waals surface area contributed by atoms with E-state index in [2.05, 4.69) is 21.5 Å². The first kappa shape index (κ1) is 20.8. The van der Waals surface area contributed by atoms with Gasteiger partial charge in [0.05, 0.1) is 37.0 Å². The van der Waals surface area contributed by atoms with Crippen LogP contribution >= 0.6 is 0 Å². The molecular weight excluding hydrogens is 396 g/mol. The smallest absolute Gasteiger partial charge is 0.407 e. The molecule has 1 N–H and O–H groups in total. The molecule has 1 aromatic heterocycles. The number of allylic oxidation sites excluding steroid dienone is 2. The number of alkyl carbamates (subject to hydrolysis) is 1. The van der Waals surface area contributed by atoms with Crippen molar-refractivity contribution in [1.82, 2.24) is 15.5 Å². The molecule has 8 nitrogen and oxygen atoms in total. The van der Waals surface area contributed by atoms with E-state index in [1.165, 1.54) is 7.11 Å². The molecule has 160 valence electrons. The van der Waals surface area contributed by atoms with Gasteiger partial charge in [-0.25, -0.2) is 4.79 Å². The average molecular weight is 420 g/mol. The number of nitriles is 1. The van der Waals surface area contributed by atoms with Crippen LogP contribution in [0.2, 0.25) is 0 Å². The van der Waals surface area contributed by atoms with Gasteiger partial charge in [0.25, 0.3) is 5.89 Å². The first-order valence-corrected chi connectivity index (χ1v) is 10.3. The molecule has 2 atom stereocenters. The molecule has 1 amide bonds. The van der Waals surface area contributed by atoms with Gasteiger partial charge in [-0.15, -0.1) is 0 Å². The van der Waals surface area contributed by atoms with E-state index in [1.807, 2.05) is 38.1 Å². The monoisotopic (exact) mass is 420 g/mol. The summed E-state index contributed by atoms with van der Waals surface area (Å²) in [5, 5.41) is 16.5. The molecule has 8 heteroatoms. The number of fused-ring (bicyclic) bond motifs is 1. The van der Waals surface area contributed by atoms with Gasteiger partial charge in [0.1, 0.15) is 0 Å². The van der Waals surface area contributed by atoms with Gasteiger partial charge in [0.2, 0.25) is 5.82 Å². The van der Waals surface area contributed by atoms with Crippen LogP contribution in [0.4, 0.5) is 4.79 Å². The molecule has 1 heterocycles. The van der Waals surface area contributed by atoms with Crippen molar-refractivity contribution in [1.29, 1.82) is 5.26 Å². The summed E-state index contributed by atoms with van der Waals surface area (Å²) >= 11 is 0. The molecule has 2 aliphatic rings. The lowest BCUT2D eigenvalue weighted by Gasteiger charge is -2.21. The van der Waals surface area contributed by atoms with E-state index in [0.29, 0.717) is 23.7 Å². The molecule has 1 unspecified atom stereocenters. The van der Waals surface area contributed by atoms with Gasteiger partial charge in [0, 0.05) is 11.1 Å². The van der Waals surface area contributed by atoms with E-state index in [4.69, 9.17) is 14.0 Å². The van der Waals surface area contributed by atoms with E-state index in [0.717, 1.165) is 35.1 Å². The highest BCUT2D eigenvalue weighted by Crippen LogP contribution is 2.37. The fraction of sp³-hybridized carbons (Fsp3) is 0.391. The van der Waals surface area contributed by atoms with Crippen LogP contribution in [0.5, 0.6) is 0 Å². The lowest BCUT2D eigenvalue weighted by Crippen LogP contribution is -2.26. The number of methoxy groups -OCH3 is 1. The number of carbonyl (C=O) groups excluding carboxylic acids is 1. The second-order valence-corrected chi connectivity index (χ2v) is 7.80. The number of carbonyl (C=O) groups is 1. The maximum Gasteiger partial charge on any atom is 0.407 e. The van der Waals surface area contributed by atoms with Crippen LogP contribution in [0, 0.1) is 11.3 Å². The molecule has 4 rings (SSSR count). The number of hydrogen-bond donors (Lipinski definition) is 1. The van der Waals surface area contributed by atoms with E-state index in [-0.39, 0.29) is 18.2 Å². The molecule has 2 aliphatic carbocycles. The zero-order valence-electron chi connectivity index (χ0n) is 17.7. The molecule has 0 saturated heterocycles. The van der Waals surface area contributed by atoms with Crippen LogP contribution < -0.4 is 5.32 Å². The van der Waals surface area contributed by atoms with E-state index in [1.54, 1.807) is 6.08 Å². The first-order chi connectivity index (χ1) is 15.0. The third kappa shape index (κ3) is 4.23. The van der Waals surface area contributed by atoms with Gasteiger partial charge >= 0.3 is 6.09 Å². The molecule has 2 aromatic rings. The van der Waals surface area contributed by atoms with Gasteiger partial charge < -0.3 is 19.3 Å². The highest BCUT2D eigenvalue weighted by molar-refractivity contribution is 5.74. The minimum Gasteiger partial charge on any atom is -0.453 e. The van der Waals surface area contributed by atoms with Crippen LogP contribution in [0.25, 0.3) is 17.0 Å². The number of benzene rings is 1. The quantitative estimate of drug-likeness (QED) is 0.775. The van der Waals surface area contributed by atoms with Crippen LogP contribution in [-0.2, 0) is 15.9 Å². The number of aromatic nitrogens is 2. The summed E-state index contributed by atoms with van der Waals surface area (Å²) in [6, 6.07) is 7.98. The number of amides is 1. The van der Waals surface area contributed by atoms with Crippen molar-refractivity contribution < 1.29 is 18.8 Å². The Morgan fingerprint density at radius 3 is 2.97 bits per heavy atom. The van der Waals surface area contributed by atoms with Gasteiger partial charge in [-0.05, 0) is 50.3 Å². The Balaban J connectivity index is 1.59. The van der Waals surface area contributed by atoms with Crippen molar-refractivity contribution >= 4 is 11.7 Å². The molecule has 0 radical (unpaired) electrons. The average Bonchev–Trinajstić information content (AvgIpc) is 3.41. The molecule has 0 saturated carbocycles. The molecule has 0 spiro atoms. The van der Waals surface area contributed by atoms with E-state index >= 15 is 0 Å². The zero-order valence-corrected chi connectivity index (χ0v) is 17.7. The second kappa shape index (κ2) is 8.74. The van der Waals surface area contributed by atoms with Crippen molar-refractivity contribution in [3.63, 3.8) is 0 Å². The summed E-state index contributed by atoms with van der Waals surface area (Å²) in [5.74, 6) is 0.851. The van der Waals surface area contributed by atoms with Crippen molar-refractivity contribution in [2.24, 2.45) is 0 Å². The predicted molar refractivity (Wildman–Crippen MR) is 113 cm³/mol. The summed E-state index contributed by atoms with van der Waals surface area (Å²) in [4.78, 5) is 16.2. The van der Waals surface area contributed by atoms with E-state index in [9.17, 15) is 10.1 Å². The number of ether oxygens (including phenoxy) is 2. The lowest BCUT2D eigenvalue weighted by atomic mass is 9.97. The molecular formula is C23H24N4O4. The number of nitrogens with zero attached hydrogens (tertiary/aromatic N) is 3. The van der Waals surface area contributed by atoms with Crippen molar-refractivity contribution in [3.8, 4) is 17.5 Å². The van der Waals surface area contributed by atoms with Gasteiger partial charge in [0.15, 0.2) is 0 Å². The van der Waals surface area contributed by atoms with Crippen molar-refractivity contribution in [2.75, 3.05) is 7.11 Å². The first-order valence-electron chi connectivity index (χ1n) is 10.3. The Morgan fingerprint density at radius 1 is 1.39 bits per heavy atom. The summed E-state index contributed by atoms with van der Waals surface area (Å²) in [6.45, 7) is 3.89. The minimum atomic E-state index is -0.450. The van der Waals surface area contributed by atoms with Gasteiger partial charge in [-0.1, -0.05) is 29.4 Å². The van der Waals surface area contributed by atoms with Gasteiger partial charge in [-0.2, -0.15) is 10.2 Å². The molecule has 0 bridgehead atoms. The molecule has 0 aliphatic heterocycles. The summed E-state index contributed by atoms with van der Waals surface area (Å²) in [5.41, 5.74) is 4.27. The SMILES string of the molecule is COC(=O)N[C@H]1CCc2c(-c3noc(C4=CCC(OC(C)C)C(C#N)=C4)n3)cccc21. The number of hydrogen-bond acceptors (Lipinski definition) is 7. The largest absolute Gasteiger partial charge is 0.453 e. The maximum atomic E-state index is 11.6. The van der Waals surface area contributed by atoms with Crippen LogP contribution in [0.3, 0.4) is 0 Å². The third-order valence-electron chi connectivity index (χ3n) is 5.44. The maximum absolute atomic E-state index is 11.6. The Hall–Kier alpha value is -3.44. The fourth-order valence-electron chi connectivity index (χ4n) is 4.06. The highest BCUT2D eigenvalue weighted by atomic mass is 16.5. The lowest BCUT2D eigenvalue weighted by molar-refractivity contribution is 0.0327. The summed E-state index contributed by atoms with van der Waals surface area (Å²) in [7, 11) is 1.35. The Labute approximate surface area is 180 Å². The third-order valence-corrected chi connectivity index (χ3v) is 5.44. The standard InChI is InChI=1S/C23H24N4O4/c1-13(2)30-20-10-7-14(11-15(20)12-24)22-26-21(27-31-22)18-6-4-5-17-16(18)8-9-19(17)25-23(28)29-3/h4-7,11,13,19-20H,8-10H2,1-3H3,(H,25,28)/t19-,20?/m0/s1.